The van der Waals surface area contributed by atoms with Crippen molar-refractivity contribution < 1.29 is 31.5 Å². The quantitative estimate of drug-likeness (QED) is 0.692. The van der Waals surface area contributed by atoms with Gasteiger partial charge >= 0.3 is 18.2 Å². The molecule has 0 saturated heterocycles. The minimum Gasteiger partial charge on any atom is -0.467 e. The number of alkyl halides is 3. The summed E-state index contributed by atoms with van der Waals surface area (Å²) in [6.45, 7) is 1.45. The Morgan fingerprint density at radius 2 is 1.96 bits per heavy atom. The van der Waals surface area contributed by atoms with Crippen LogP contribution >= 0.6 is 0 Å². The Morgan fingerprint density at radius 1 is 1.29 bits per heavy atom. The van der Waals surface area contributed by atoms with E-state index in [1.165, 1.54) is 38.3 Å². The van der Waals surface area contributed by atoms with E-state index >= 15 is 0 Å². The SMILES string of the molecule is COc1nc(C)nc(N(C(=O)Nc2ccccc2CCC(F)(F)F)S(=O)O)n1. The predicted octanol–water partition coefficient (Wildman–Crippen LogP) is 2.86. The minimum atomic E-state index is -4.37. The van der Waals surface area contributed by atoms with Gasteiger partial charge in [-0.05, 0) is 25.0 Å². The van der Waals surface area contributed by atoms with Crippen LogP contribution in [0.25, 0.3) is 0 Å². The second-order valence-electron chi connectivity index (χ2n) is 5.40. The van der Waals surface area contributed by atoms with Crippen molar-refractivity contribution in [2.75, 3.05) is 16.7 Å². The van der Waals surface area contributed by atoms with Gasteiger partial charge in [-0.1, -0.05) is 18.2 Å². The van der Waals surface area contributed by atoms with Crippen LogP contribution in [-0.2, 0) is 17.7 Å². The molecule has 1 aromatic carbocycles. The Balaban J connectivity index is 2.29. The Hall–Kier alpha value is -2.80. The zero-order valence-corrected chi connectivity index (χ0v) is 15.5. The lowest BCUT2D eigenvalue weighted by atomic mass is 10.1. The van der Waals surface area contributed by atoms with Crippen LogP contribution in [0.4, 0.5) is 29.6 Å². The topological polar surface area (TPSA) is 118 Å². The van der Waals surface area contributed by atoms with Gasteiger partial charge in [-0.25, -0.2) is 9.00 Å². The molecule has 2 amide bonds. The summed E-state index contributed by atoms with van der Waals surface area (Å²) in [5.41, 5.74) is 0.270. The summed E-state index contributed by atoms with van der Waals surface area (Å²) >= 11 is -2.87. The smallest absolute Gasteiger partial charge is 0.389 e. The number of aromatic nitrogens is 3. The van der Waals surface area contributed by atoms with Crippen molar-refractivity contribution in [3.63, 3.8) is 0 Å². The van der Waals surface area contributed by atoms with Gasteiger partial charge in [0.1, 0.15) is 5.82 Å². The third-order valence-electron chi connectivity index (χ3n) is 3.36. The van der Waals surface area contributed by atoms with E-state index < -0.39 is 35.8 Å². The number of para-hydroxylation sites is 1. The van der Waals surface area contributed by atoms with Crippen molar-refractivity contribution in [2.45, 2.75) is 25.9 Å². The van der Waals surface area contributed by atoms with Gasteiger partial charge in [0.15, 0.2) is 0 Å². The Kier molecular flexibility index (Phi) is 6.85. The molecule has 0 aliphatic carbocycles. The van der Waals surface area contributed by atoms with Crippen LogP contribution in [0.15, 0.2) is 24.3 Å². The molecule has 2 aromatic rings. The number of nitrogens with one attached hydrogen (secondary N) is 1. The van der Waals surface area contributed by atoms with Gasteiger partial charge in [0.25, 0.3) is 17.2 Å². The molecule has 2 N–H and O–H groups in total. The average Bonchev–Trinajstić information content (AvgIpc) is 2.59. The third-order valence-corrected chi connectivity index (χ3v) is 4.00. The number of hydrogen-bond donors (Lipinski definition) is 2. The monoisotopic (exact) mass is 419 g/mol. The number of rotatable bonds is 6. The number of halogens is 3. The average molecular weight is 419 g/mol. The summed E-state index contributed by atoms with van der Waals surface area (Å²) in [7, 11) is 1.26. The van der Waals surface area contributed by atoms with E-state index in [9.17, 15) is 26.7 Å². The number of methoxy groups -OCH3 is 1. The van der Waals surface area contributed by atoms with Crippen LogP contribution in [0.1, 0.15) is 17.8 Å². The molecule has 1 heterocycles. The maximum absolute atomic E-state index is 12.5. The summed E-state index contributed by atoms with van der Waals surface area (Å²) in [5, 5.41) is 2.31. The van der Waals surface area contributed by atoms with E-state index in [-0.39, 0.29) is 29.5 Å². The first-order valence-corrected chi connectivity index (χ1v) is 8.80. The number of carbonyl (C=O) groups is 1. The normalized spacial score (nSPS) is 12.4. The first-order valence-electron chi connectivity index (χ1n) is 7.74. The second kappa shape index (κ2) is 8.93. The number of ether oxygens (including phenoxy) is 1. The molecule has 1 unspecified atom stereocenters. The van der Waals surface area contributed by atoms with Gasteiger partial charge in [-0.2, -0.15) is 32.4 Å². The maximum atomic E-state index is 12.5. The summed E-state index contributed by atoms with van der Waals surface area (Å²) in [5.74, 6) is -0.342. The van der Waals surface area contributed by atoms with Gasteiger partial charge in [-0.3, -0.25) is 4.55 Å². The number of amides is 2. The van der Waals surface area contributed by atoms with Crippen LogP contribution in [-0.4, -0.2) is 43.0 Å². The number of carbonyl (C=O) groups excluding carboxylic acids is 1. The lowest BCUT2D eigenvalue weighted by molar-refractivity contribution is -0.133. The predicted molar refractivity (Wildman–Crippen MR) is 94.2 cm³/mol. The molecule has 1 aromatic heterocycles. The molecule has 0 bridgehead atoms. The highest BCUT2D eigenvalue weighted by atomic mass is 32.2. The zero-order chi connectivity index (χ0) is 20.9. The molecule has 1 atom stereocenters. The fraction of sp³-hybridized carbons (Fsp3) is 0.333. The van der Waals surface area contributed by atoms with Crippen molar-refractivity contribution in [2.24, 2.45) is 0 Å². The van der Waals surface area contributed by atoms with Crippen LogP contribution in [0.3, 0.4) is 0 Å². The summed E-state index contributed by atoms with van der Waals surface area (Å²) in [4.78, 5) is 23.9. The van der Waals surface area contributed by atoms with Gasteiger partial charge in [0.05, 0.1) is 7.11 Å². The van der Waals surface area contributed by atoms with Crippen molar-refractivity contribution in [3.05, 3.63) is 35.7 Å². The van der Waals surface area contributed by atoms with E-state index in [0.29, 0.717) is 4.31 Å². The summed E-state index contributed by atoms with van der Waals surface area (Å²) in [6.07, 6.45) is -5.82. The number of aryl methyl sites for hydroxylation is 2. The fourth-order valence-electron chi connectivity index (χ4n) is 2.16. The van der Waals surface area contributed by atoms with E-state index in [1.807, 2.05) is 0 Å². The lowest BCUT2D eigenvalue weighted by Crippen LogP contribution is -2.38. The highest BCUT2D eigenvalue weighted by molar-refractivity contribution is 7.81. The molecule has 2 rings (SSSR count). The highest BCUT2D eigenvalue weighted by Crippen LogP contribution is 2.26. The number of anilines is 2. The highest BCUT2D eigenvalue weighted by Gasteiger charge is 2.28. The molecule has 0 aliphatic rings. The Labute approximate surface area is 160 Å². The first-order chi connectivity index (χ1) is 13.1. The third kappa shape index (κ3) is 5.85. The van der Waals surface area contributed by atoms with E-state index in [1.54, 1.807) is 0 Å². The van der Waals surface area contributed by atoms with Crippen LogP contribution in [0.5, 0.6) is 6.01 Å². The molecule has 9 nitrogen and oxygen atoms in total. The van der Waals surface area contributed by atoms with E-state index in [2.05, 4.69) is 20.3 Å². The lowest BCUT2D eigenvalue weighted by Gasteiger charge is -2.18. The molecule has 0 aliphatic heterocycles. The summed E-state index contributed by atoms with van der Waals surface area (Å²) < 4.78 is 63.8. The van der Waals surface area contributed by atoms with E-state index in [4.69, 9.17) is 4.74 Å². The molecule has 0 spiro atoms. The minimum absolute atomic E-state index is 0.0601. The number of hydrogen-bond acceptors (Lipinski definition) is 6. The molecule has 0 radical (unpaired) electrons. The second-order valence-corrected chi connectivity index (χ2v) is 6.22. The number of urea groups is 1. The number of nitrogens with zero attached hydrogens (tertiary/aromatic N) is 4. The first kappa shape index (κ1) is 21.5. The van der Waals surface area contributed by atoms with Gasteiger partial charge < -0.3 is 10.1 Å². The molecule has 0 saturated carbocycles. The van der Waals surface area contributed by atoms with Gasteiger partial charge in [-0.15, -0.1) is 0 Å². The van der Waals surface area contributed by atoms with Crippen LogP contribution in [0, 0.1) is 6.92 Å². The van der Waals surface area contributed by atoms with Gasteiger partial charge in [0, 0.05) is 12.1 Å². The molecule has 152 valence electrons. The van der Waals surface area contributed by atoms with Crippen molar-refractivity contribution in [3.8, 4) is 6.01 Å². The van der Waals surface area contributed by atoms with Crippen molar-refractivity contribution in [1.82, 2.24) is 15.0 Å². The molecular formula is C15H16F3N5O4S. The molecule has 13 heteroatoms. The van der Waals surface area contributed by atoms with Crippen molar-refractivity contribution in [1.29, 1.82) is 0 Å². The van der Waals surface area contributed by atoms with Crippen LogP contribution in [0.2, 0.25) is 0 Å². The molecular weight excluding hydrogens is 403 g/mol. The Morgan fingerprint density at radius 3 is 2.57 bits per heavy atom. The van der Waals surface area contributed by atoms with Gasteiger partial charge in [0.2, 0.25) is 0 Å². The fourth-order valence-corrected chi connectivity index (χ4v) is 2.57. The maximum Gasteiger partial charge on any atom is 0.389 e. The Bertz CT molecular complexity index is 881. The number of benzene rings is 1. The summed E-state index contributed by atoms with van der Waals surface area (Å²) in [6, 6.07) is 4.51. The standard InChI is InChI=1S/C15H16F3N5O4S/c1-9-19-12(22-13(20-9)27-2)23(28(25)26)14(24)21-11-6-4-3-5-10(11)7-8-15(16,17)18/h3-6H,7-8H2,1-2H3,(H,21,24)(H,25,26). The van der Waals surface area contributed by atoms with Crippen molar-refractivity contribution >= 4 is 28.9 Å². The zero-order valence-electron chi connectivity index (χ0n) is 14.7. The largest absolute Gasteiger partial charge is 0.467 e. The molecule has 28 heavy (non-hydrogen) atoms. The van der Waals surface area contributed by atoms with Crippen LogP contribution < -0.4 is 14.4 Å². The van der Waals surface area contributed by atoms with E-state index in [0.717, 1.165) is 0 Å². The molecule has 0 fully saturated rings.